The molecule has 0 aromatic carbocycles. The Morgan fingerprint density at radius 3 is 2.74 bits per heavy atom. The lowest BCUT2D eigenvalue weighted by Crippen LogP contribution is -2.38. The van der Waals surface area contributed by atoms with Crippen molar-refractivity contribution in [2.45, 2.75) is 75.9 Å². The summed E-state index contributed by atoms with van der Waals surface area (Å²) in [6.45, 7) is 2.56. The van der Waals surface area contributed by atoms with Crippen LogP contribution in [0.1, 0.15) is 67.7 Å². The largest absolute Gasteiger partial charge is 0.474 e. The fourth-order valence-corrected chi connectivity index (χ4v) is 6.47. The summed E-state index contributed by atoms with van der Waals surface area (Å²) in [6, 6.07) is 3.11. The van der Waals surface area contributed by atoms with Gasteiger partial charge in [-0.3, -0.25) is 0 Å². The molecule has 0 amide bonds. The van der Waals surface area contributed by atoms with Crippen molar-refractivity contribution < 1.29 is 4.74 Å². The molecule has 142 valence electrons. The molecule has 2 aliphatic carbocycles. The summed E-state index contributed by atoms with van der Waals surface area (Å²) in [6.07, 6.45) is 12.0. The van der Waals surface area contributed by atoms with Gasteiger partial charge in [0.2, 0.25) is 5.88 Å². The molecule has 0 spiro atoms. The van der Waals surface area contributed by atoms with E-state index in [1.807, 2.05) is 0 Å². The monoisotopic (exact) mass is 382 g/mol. The average Bonchev–Trinajstić information content (AvgIpc) is 3.40. The molecule has 0 N–H and O–H groups in total. The van der Waals surface area contributed by atoms with Gasteiger partial charge in [-0.25, -0.2) is 9.97 Å². The number of fused-ring (bicyclic) bond motifs is 3. The lowest BCUT2D eigenvalue weighted by Gasteiger charge is -2.34. The third-order valence-electron chi connectivity index (χ3n) is 6.61. The van der Waals surface area contributed by atoms with Crippen LogP contribution in [0, 0.1) is 11.3 Å². The molecule has 1 saturated carbocycles. The summed E-state index contributed by atoms with van der Waals surface area (Å²) in [4.78, 5) is 14.1. The van der Waals surface area contributed by atoms with Gasteiger partial charge in [-0.2, -0.15) is 5.26 Å². The smallest absolute Gasteiger partial charge is 0.225 e. The second-order valence-electron chi connectivity index (χ2n) is 8.19. The molecule has 2 aromatic rings. The van der Waals surface area contributed by atoms with Crippen LogP contribution in [0.3, 0.4) is 0 Å². The minimum absolute atomic E-state index is 0.258. The Morgan fingerprint density at radius 2 is 1.96 bits per heavy atom. The second kappa shape index (κ2) is 7.37. The van der Waals surface area contributed by atoms with Crippen LogP contribution in [0.25, 0.3) is 10.2 Å². The Labute approximate surface area is 164 Å². The third kappa shape index (κ3) is 3.21. The molecule has 5 rings (SSSR count). The summed E-state index contributed by atoms with van der Waals surface area (Å²) in [7, 11) is 0. The molecule has 1 atom stereocenters. The molecule has 2 aromatic heterocycles. The van der Waals surface area contributed by atoms with Gasteiger partial charge in [0.15, 0.2) is 0 Å². The molecule has 0 bridgehead atoms. The SMILES string of the molecule is N#CC[C@H]1CCc2sc3ncnc(OC4CCC(N5CCCC5)CC4)c3c21. The van der Waals surface area contributed by atoms with Crippen LogP contribution in [0.15, 0.2) is 6.33 Å². The van der Waals surface area contributed by atoms with E-state index in [1.165, 1.54) is 49.2 Å². The highest BCUT2D eigenvalue weighted by molar-refractivity contribution is 7.19. The normalized spacial score (nSPS) is 28.3. The van der Waals surface area contributed by atoms with Crippen molar-refractivity contribution in [2.75, 3.05) is 13.1 Å². The van der Waals surface area contributed by atoms with E-state index in [4.69, 9.17) is 4.74 Å². The van der Waals surface area contributed by atoms with Crippen LogP contribution in [0.5, 0.6) is 5.88 Å². The summed E-state index contributed by atoms with van der Waals surface area (Å²) >= 11 is 1.76. The first-order valence-electron chi connectivity index (χ1n) is 10.4. The van der Waals surface area contributed by atoms with Crippen molar-refractivity contribution in [3.05, 3.63) is 16.8 Å². The van der Waals surface area contributed by atoms with E-state index in [2.05, 4.69) is 20.9 Å². The van der Waals surface area contributed by atoms with Crippen LogP contribution in [-0.2, 0) is 6.42 Å². The molecule has 6 heteroatoms. The van der Waals surface area contributed by atoms with Gasteiger partial charge >= 0.3 is 0 Å². The third-order valence-corrected chi connectivity index (χ3v) is 7.79. The number of nitriles is 1. The van der Waals surface area contributed by atoms with Crippen molar-refractivity contribution in [3.63, 3.8) is 0 Å². The summed E-state index contributed by atoms with van der Waals surface area (Å²) in [5, 5.41) is 10.3. The second-order valence-corrected chi connectivity index (χ2v) is 9.27. The number of aryl methyl sites for hydroxylation is 1. The Balaban J connectivity index is 1.35. The van der Waals surface area contributed by atoms with Crippen molar-refractivity contribution in [1.82, 2.24) is 14.9 Å². The molecule has 0 radical (unpaired) electrons. The van der Waals surface area contributed by atoms with E-state index >= 15 is 0 Å². The molecule has 27 heavy (non-hydrogen) atoms. The van der Waals surface area contributed by atoms with Gasteiger partial charge in [-0.1, -0.05) is 0 Å². The van der Waals surface area contributed by atoms with E-state index in [9.17, 15) is 5.26 Å². The molecular weight excluding hydrogens is 356 g/mol. The highest BCUT2D eigenvalue weighted by Crippen LogP contribution is 2.47. The Bertz CT molecular complexity index is 859. The van der Waals surface area contributed by atoms with E-state index in [1.54, 1.807) is 17.7 Å². The maximum Gasteiger partial charge on any atom is 0.225 e. The van der Waals surface area contributed by atoms with Crippen LogP contribution >= 0.6 is 11.3 Å². The summed E-state index contributed by atoms with van der Waals surface area (Å²) in [5.41, 5.74) is 1.30. The molecule has 0 unspecified atom stereocenters. The lowest BCUT2D eigenvalue weighted by molar-refractivity contribution is 0.0978. The van der Waals surface area contributed by atoms with Gasteiger partial charge in [0, 0.05) is 17.3 Å². The van der Waals surface area contributed by atoms with Gasteiger partial charge in [0.05, 0.1) is 11.5 Å². The Morgan fingerprint density at radius 1 is 1.15 bits per heavy atom. The van der Waals surface area contributed by atoms with Gasteiger partial charge < -0.3 is 9.64 Å². The Hall–Kier alpha value is -1.71. The maximum absolute atomic E-state index is 9.19. The van der Waals surface area contributed by atoms with E-state index in [0.29, 0.717) is 12.3 Å². The molecule has 3 aliphatic rings. The van der Waals surface area contributed by atoms with Gasteiger partial charge in [0.25, 0.3) is 0 Å². The zero-order valence-electron chi connectivity index (χ0n) is 15.7. The quantitative estimate of drug-likeness (QED) is 0.783. The molecular formula is C21H26N4OS. The van der Waals surface area contributed by atoms with Crippen molar-refractivity contribution in [3.8, 4) is 11.9 Å². The molecule has 5 nitrogen and oxygen atoms in total. The molecule has 1 saturated heterocycles. The number of hydrogen-bond acceptors (Lipinski definition) is 6. The maximum atomic E-state index is 9.19. The number of nitrogens with zero attached hydrogens (tertiary/aromatic N) is 4. The summed E-state index contributed by atoms with van der Waals surface area (Å²) in [5.74, 6) is 1.07. The van der Waals surface area contributed by atoms with Gasteiger partial charge in [-0.15, -0.1) is 11.3 Å². The van der Waals surface area contributed by atoms with Crippen LogP contribution in [0.4, 0.5) is 0 Å². The topological polar surface area (TPSA) is 62.0 Å². The predicted octanol–water partition coefficient (Wildman–Crippen LogP) is 4.42. The highest BCUT2D eigenvalue weighted by Gasteiger charge is 2.32. The fourth-order valence-electron chi connectivity index (χ4n) is 5.24. The Kier molecular flexibility index (Phi) is 4.75. The van der Waals surface area contributed by atoms with Gasteiger partial charge in [0.1, 0.15) is 17.3 Å². The van der Waals surface area contributed by atoms with Crippen molar-refractivity contribution in [2.24, 2.45) is 0 Å². The van der Waals surface area contributed by atoms with Crippen LogP contribution < -0.4 is 4.74 Å². The number of rotatable bonds is 4. The minimum atomic E-state index is 0.258. The molecule has 3 heterocycles. The van der Waals surface area contributed by atoms with Crippen molar-refractivity contribution in [1.29, 1.82) is 5.26 Å². The summed E-state index contributed by atoms with van der Waals surface area (Å²) < 4.78 is 6.44. The fraction of sp³-hybridized carbons (Fsp3) is 0.667. The number of likely N-dealkylation sites (tertiary alicyclic amines) is 1. The standard InChI is InChI=1S/C21H26N4OS/c22-10-9-14-3-8-17-18(14)19-20(23-13-24-21(19)27-17)26-16-6-4-15(5-7-16)25-11-1-2-12-25/h13-16H,1-9,11-12H2/t14-,15?,16?/m1/s1. The van der Waals surface area contributed by atoms with Crippen LogP contribution in [0.2, 0.25) is 0 Å². The lowest BCUT2D eigenvalue weighted by atomic mass is 9.92. The van der Waals surface area contributed by atoms with E-state index in [-0.39, 0.29) is 6.10 Å². The molecule has 2 fully saturated rings. The van der Waals surface area contributed by atoms with E-state index < -0.39 is 0 Å². The number of aromatic nitrogens is 2. The van der Waals surface area contributed by atoms with E-state index in [0.717, 1.165) is 47.8 Å². The predicted molar refractivity (Wildman–Crippen MR) is 106 cm³/mol. The minimum Gasteiger partial charge on any atom is -0.474 e. The molecule has 1 aliphatic heterocycles. The van der Waals surface area contributed by atoms with Crippen LogP contribution in [-0.4, -0.2) is 40.1 Å². The van der Waals surface area contributed by atoms with Crippen molar-refractivity contribution >= 4 is 21.6 Å². The first-order chi connectivity index (χ1) is 13.3. The zero-order valence-corrected chi connectivity index (χ0v) is 16.5. The highest BCUT2D eigenvalue weighted by atomic mass is 32.1. The number of hydrogen-bond donors (Lipinski definition) is 0. The number of thiophene rings is 1. The van der Waals surface area contributed by atoms with Gasteiger partial charge in [-0.05, 0) is 75.9 Å². The first-order valence-corrected chi connectivity index (χ1v) is 11.2. The zero-order chi connectivity index (χ0) is 18.2. The average molecular weight is 383 g/mol. The number of ether oxygens (including phenoxy) is 1. The first kappa shape index (κ1) is 17.4.